The summed E-state index contributed by atoms with van der Waals surface area (Å²) >= 11 is 0. The Kier molecular flexibility index (Phi) is 10.4. The van der Waals surface area contributed by atoms with E-state index in [4.69, 9.17) is 5.73 Å². The van der Waals surface area contributed by atoms with Crippen LogP contribution < -0.4 is 21.7 Å². The number of amides is 3. The third kappa shape index (κ3) is 8.86. The van der Waals surface area contributed by atoms with E-state index in [1.54, 1.807) is 7.05 Å². The van der Waals surface area contributed by atoms with E-state index < -0.39 is 17.5 Å². The molecule has 7 heteroatoms. The maximum atomic E-state index is 12.8. The largest absolute Gasteiger partial charge is 0.352 e. The summed E-state index contributed by atoms with van der Waals surface area (Å²) < 4.78 is 0. The number of hydrogen-bond acceptors (Lipinski definition) is 4. The highest BCUT2D eigenvalue weighted by Gasteiger charge is 2.33. The Hall–Kier alpha value is -1.63. The number of Topliss-reactive ketones (excluding diaryl/α,β-unsaturated/α-hetero) is 1. The Bertz CT molecular complexity index is 450. The van der Waals surface area contributed by atoms with E-state index in [1.165, 1.54) is 0 Å². The molecular formula is C18H36N4O3. The van der Waals surface area contributed by atoms with Gasteiger partial charge in [-0.2, -0.15) is 0 Å². The lowest BCUT2D eigenvalue weighted by Gasteiger charge is -2.29. The van der Waals surface area contributed by atoms with Gasteiger partial charge in [-0.1, -0.05) is 34.6 Å². The van der Waals surface area contributed by atoms with Gasteiger partial charge in [-0.15, -0.1) is 0 Å². The minimum atomic E-state index is -0.590. The molecule has 0 aromatic rings. The zero-order valence-electron chi connectivity index (χ0n) is 16.6. The van der Waals surface area contributed by atoms with Crippen molar-refractivity contribution in [2.75, 3.05) is 13.6 Å². The minimum absolute atomic E-state index is 0.0156. The smallest absolute Gasteiger partial charge is 0.312 e. The summed E-state index contributed by atoms with van der Waals surface area (Å²) in [7, 11) is 1.75. The molecule has 0 aliphatic heterocycles. The van der Waals surface area contributed by atoms with Gasteiger partial charge in [0.05, 0.1) is 12.1 Å². The molecule has 0 spiro atoms. The van der Waals surface area contributed by atoms with Crippen molar-refractivity contribution in [1.82, 2.24) is 16.0 Å². The highest BCUT2D eigenvalue weighted by molar-refractivity contribution is 5.93. The number of ketones is 1. The van der Waals surface area contributed by atoms with Crippen LogP contribution in [0.1, 0.15) is 60.3 Å². The van der Waals surface area contributed by atoms with Crippen LogP contribution in [-0.2, 0) is 9.59 Å². The summed E-state index contributed by atoms with van der Waals surface area (Å²) in [5.74, 6) is 0.218. The van der Waals surface area contributed by atoms with E-state index in [-0.39, 0.29) is 17.7 Å². The summed E-state index contributed by atoms with van der Waals surface area (Å²) in [5, 5.41) is 8.43. The first kappa shape index (κ1) is 23.4. The van der Waals surface area contributed by atoms with Crippen LogP contribution in [0.2, 0.25) is 0 Å². The number of urea groups is 1. The molecular weight excluding hydrogens is 320 g/mol. The predicted molar refractivity (Wildman–Crippen MR) is 100 cm³/mol. The third-order valence-corrected chi connectivity index (χ3v) is 4.52. The van der Waals surface area contributed by atoms with Crippen LogP contribution in [0.3, 0.4) is 0 Å². The average molecular weight is 357 g/mol. The van der Waals surface area contributed by atoms with Crippen LogP contribution in [0.15, 0.2) is 0 Å². The van der Waals surface area contributed by atoms with Crippen molar-refractivity contribution in [3.8, 4) is 0 Å². The van der Waals surface area contributed by atoms with Gasteiger partial charge in [0.15, 0.2) is 5.78 Å². The number of hydrogen-bond donors (Lipinski definition) is 4. The monoisotopic (exact) mass is 356 g/mol. The minimum Gasteiger partial charge on any atom is -0.352 e. The SMILES string of the molecule is CCC(C)(C)C(=O)C(CCCNC(N)=O)NC(=O)C(CC(C)C)NC. The van der Waals surface area contributed by atoms with Gasteiger partial charge < -0.3 is 21.7 Å². The zero-order valence-corrected chi connectivity index (χ0v) is 16.6. The summed E-state index contributed by atoms with van der Waals surface area (Å²) in [5.41, 5.74) is 4.54. The van der Waals surface area contributed by atoms with Gasteiger partial charge in [-0.3, -0.25) is 9.59 Å². The van der Waals surface area contributed by atoms with Crippen molar-refractivity contribution in [2.45, 2.75) is 72.4 Å². The fraction of sp³-hybridized carbons (Fsp3) is 0.833. The molecule has 0 fully saturated rings. The fourth-order valence-electron chi connectivity index (χ4n) is 2.53. The number of nitrogens with two attached hydrogens (primary N) is 1. The van der Waals surface area contributed by atoms with Gasteiger partial charge >= 0.3 is 6.03 Å². The zero-order chi connectivity index (χ0) is 19.6. The molecule has 25 heavy (non-hydrogen) atoms. The van der Waals surface area contributed by atoms with Crippen LogP contribution >= 0.6 is 0 Å². The number of likely N-dealkylation sites (N-methyl/N-ethyl adjacent to an activating group) is 1. The molecule has 0 heterocycles. The highest BCUT2D eigenvalue weighted by Crippen LogP contribution is 2.24. The molecule has 0 rings (SSSR count). The van der Waals surface area contributed by atoms with Crippen LogP contribution in [0.5, 0.6) is 0 Å². The molecule has 0 aliphatic carbocycles. The molecule has 2 atom stereocenters. The Morgan fingerprint density at radius 2 is 1.72 bits per heavy atom. The predicted octanol–water partition coefficient (Wildman–Crippen LogP) is 1.56. The van der Waals surface area contributed by atoms with Crippen LogP contribution in [0.25, 0.3) is 0 Å². The van der Waals surface area contributed by atoms with E-state index in [2.05, 4.69) is 29.8 Å². The normalized spacial score (nSPS) is 14.0. The van der Waals surface area contributed by atoms with E-state index in [0.717, 1.165) is 0 Å². The fourth-order valence-corrected chi connectivity index (χ4v) is 2.53. The second-order valence-corrected chi connectivity index (χ2v) is 7.57. The number of nitrogens with one attached hydrogen (secondary N) is 3. The van der Waals surface area contributed by atoms with Gasteiger partial charge in [0.1, 0.15) is 0 Å². The first-order valence-electron chi connectivity index (χ1n) is 9.10. The van der Waals surface area contributed by atoms with Gasteiger partial charge in [0.2, 0.25) is 5.91 Å². The molecule has 5 N–H and O–H groups in total. The lowest BCUT2D eigenvalue weighted by Crippen LogP contribution is -2.52. The topological polar surface area (TPSA) is 113 Å². The quantitative estimate of drug-likeness (QED) is 0.397. The molecule has 0 bridgehead atoms. The van der Waals surface area contributed by atoms with Crippen LogP contribution in [0.4, 0.5) is 4.79 Å². The van der Waals surface area contributed by atoms with Gasteiger partial charge in [-0.25, -0.2) is 4.79 Å². The van der Waals surface area contributed by atoms with E-state index in [1.807, 2.05) is 20.8 Å². The highest BCUT2D eigenvalue weighted by atomic mass is 16.2. The molecule has 0 saturated carbocycles. The van der Waals surface area contributed by atoms with Crippen molar-refractivity contribution in [3.05, 3.63) is 0 Å². The Morgan fingerprint density at radius 1 is 1.12 bits per heavy atom. The molecule has 3 amide bonds. The number of carbonyl (C=O) groups excluding carboxylic acids is 3. The number of primary amides is 1. The van der Waals surface area contributed by atoms with E-state index in [9.17, 15) is 14.4 Å². The first-order chi connectivity index (χ1) is 11.5. The van der Waals surface area contributed by atoms with Crippen molar-refractivity contribution < 1.29 is 14.4 Å². The summed E-state index contributed by atoms with van der Waals surface area (Å²) in [4.78, 5) is 36.2. The summed E-state index contributed by atoms with van der Waals surface area (Å²) in [6.07, 6.45) is 2.42. The average Bonchev–Trinajstić information content (AvgIpc) is 2.53. The Labute approximate surface area is 151 Å². The van der Waals surface area contributed by atoms with Gasteiger partial charge in [0.25, 0.3) is 0 Å². The number of carbonyl (C=O) groups is 3. The van der Waals surface area contributed by atoms with Crippen molar-refractivity contribution >= 4 is 17.7 Å². The standard InChI is InChI=1S/C18H36N4O3/c1-7-18(4,5)15(23)13(9-8-10-21-17(19)25)22-16(24)14(20-6)11-12(2)3/h12-14,20H,7-11H2,1-6H3,(H,22,24)(H3,19,21,25). The van der Waals surface area contributed by atoms with Gasteiger partial charge in [0, 0.05) is 12.0 Å². The molecule has 2 unspecified atom stereocenters. The maximum absolute atomic E-state index is 12.8. The molecule has 0 aliphatic rings. The molecule has 146 valence electrons. The molecule has 0 aromatic heterocycles. The lowest BCUT2D eigenvalue weighted by atomic mass is 9.80. The van der Waals surface area contributed by atoms with E-state index in [0.29, 0.717) is 38.1 Å². The van der Waals surface area contributed by atoms with Crippen LogP contribution in [-0.4, -0.2) is 43.4 Å². The first-order valence-corrected chi connectivity index (χ1v) is 9.10. The van der Waals surface area contributed by atoms with Crippen molar-refractivity contribution in [3.63, 3.8) is 0 Å². The lowest BCUT2D eigenvalue weighted by molar-refractivity contribution is -0.134. The molecule has 0 saturated heterocycles. The second-order valence-electron chi connectivity index (χ2n) is 7.57. The third-order valence-electron chi connectivity index (χ3n) is 4.52. The maximum Gasteiger partial charge on any atom is 0.312 e. The van der Waals surface area contributed by atoms with E-state index >= 15 is 0 Å². The summed E-state index contributed by atoms with van der Waals surface area (Å²) in [6, 6.07) is -1.49. The Morgan fingerprint density at radius 3 is 2.16 bits per heavy atom. The number of rotatable bonds is 12. The molecule has 7 nitrogen and oxygen atoms in total. The second kappa shape index (κ2) is 11.1. The molecule has 0 aromatic carbocycles. The Balaban J connectivity index is 5.01. The van der Waals surface area contributed by atoms with Crippen molar-refractivity contribution in [2.24, 2.45) is 17.1 Å². The van der Waals surface area contributed by atoms with Crippen molar-refractivity contribution in [1.29, 1.82) is 0 Å². The van der Waals surface area contributed by atoms with Crippen LogP contribution in [0, 0.1) is 11.3 Å². The summed E-state index contributed by atoms with van der Waals surface area (Å²) in [6.45, 7) is 10.2. The van der Waals surface area contributed by atoms with Gasteiger partial charge in [-0.05, 0) is 38.6 Å². The molecule has 0 radical (unpaired) electrons.